The summed E-state index contributed by atoms with van der Waals surface area (Å²) in [6, 6.07) is 3.80. The van der Waals surface area contributed by atoms with Gasteiger partial charge in [-0.05, 0) is 37.4 Å². The van der Waals surface area contributed by atoms with Crippen LogP contribution in [0.5, 0.6) is 0 Å². The molecule has 1 saturated carbocycles. The van der Waals surface area contributed by atoms with Crippen LogP contribution in [0.15, 0.2) is 24.5 Å². The van der Waals surface area contributed by atoms with Crippen molar-refractivity contribution in [3.05, 3.63) is 30.1 Å². The minimum absolute atomic E-state index is 0.0674. The van der Waals surface area contributed by atoms with Crippen LogP contribution in [0.25, 0.3) is 0 Å². The van der Waals surface area contributed by atoms with Gasteiger partial charge >= 0.3 is 0 Å². The van der Waals surface area contributed by atoms with E-state index in [0.717, 1.165) is 12.8 Å². The van der Waals surface area contributed by atoms with Gasteiger partial charge in [0, 0.05) is 31.0 Å². The van der Waals surface area contributed by atoms with E-state index in [2.05, 4.69) is 4.98 Å². The monoisotopic (exact) mass is 233 g/mol. The molecule has 17 heavy (non-hydrogen) atoms. The molecule has 1 fully saturated rings. The summed E-state index contributed by atoms with van der Waals surface area (Å²) in [4.78, 5) is 18.0. The largest absolute Gasteiger partial charge is 0.338 e. The lowest BCUT2D eigenvalue weighted by Crippen LogP contribution is -2.41. The zero-order valence-corrected chi connectivity index (χ0v) is 10.2. The zero-order valence-electron chi connectivity index (χ0n) is 10.2. The number of amides is 1. The molecule has 1 aromatic rings. The summed E-state index contributed by atoms with van der Waals surface area (Å²) >= 11 is 0. The van der Waals surface area contributed by atoms with Gasteiger partial charge < -0.3 is 10.6 Å². The van der Waals surface area contributed by atoms with Crippen LogP contribution in [0, 0.1) is 5.92 Å². The molecule has 2 rings (SSSR count). The lowest BCUT2D eigenvalue weighted by atomic mass is 10.0. The third kappa shape index (κ3) is 2.47. The molecule has 1 aliphatic rings. The lowest BCUT2D eigenvalue weighted by molar-refractivity contribution is 0.0700. The van der Waals surface area contributed by atoms with E-state index >= 15 is 0 Å². The second kappa shape index (κ2) is 5.27. The highest BCUT2D eigenvalue weighted by Gasteiger charge is 2.31. The fourth-order valence-electron chi connectivity index (χ4n) is 2.65. The minimum atomic E-state index is 0.0674. The standard InChI is InChI=1S/C13H19N3O/c1-16(12-4-2-3-11(12)9-14)13(17)10-5-7-15-8-6-10/h5-8,11-12H,2-4,9,14H2,1H3. The normalized spacial score (nSPS) is 23.6. The van der Waals surface area contributed by atoms with E-state index < -0.39 is 0 Å². The first-order valence-electron chi connectivity index (χ1n) is 6.11. The molecule has 1 aromatic heterocycles. The second-order valence-electron chi connectivity index (χ2n) is 4.65. The number of aromatic nitrogens is 1. The van der Waals surface area contributed by atoms with Crippen LogP contribution in [-0.4, -0.2) is 35.4 Å². The number of nitrogens with zero attached hydrogens (tertiary/aromatic N) is 2. The molecule has 4 heteroatoms. The Morgan fingerprint density at radius 2 is 2.18 bits per heavy atom. The minimum Gasteiger partial charge on any atom is -0.338 e. The van der Waals surface area contributed by atoms with Crippen molar-refractivity contribution in [3.8, 4) is 0 Å². The summed E-state index contributed by atoms with van der Waals surface area (Å²) in [5.41, 5.74) is 6.45. The predicted octanol–water partition coefficient (Wildman–Crippen LogP) is 1.28. The van der Waals surface area contributed by atoms with Crippen LogP contribution < -0.4 is 5.73 Å². The summed E-state index contributed by atoms with van der Waals surface area (Å²) in [6.07, 6.45) is 6.66. The van der Waals surface area contributed by atoms with E-state index in [1.165, 1.54) is 6.42 Å². The van der Waals surface area contributed by atoms with E-state index in [1.54, 1.807) is 24.5 Å². The fraction of sp³-hybridized carbons (Fsp3) is 0.538. The molecule has 0 aliphatic heterocycles. The van der Waals surface area contributed by atoms with Crippen molar-refractivity contribution in [2.75, 3.05) is 13.6 Å². The third-order valence-corrected chi connectivity index (χ3v) is 3.67. The highest BCUT2D eigenvalue weighted by Crippen LogP contribution is 2.29. The highest BCUT2D eigenvalue weighted by atomic mass is 16.2. The van der Waals surface area contributed by atoms with E-state index in [4.69, 9.17) is 5.73 Å². The van der Waals surface area contributed by atoms with Crippen LogP contribution >= 0.6 is 0 Å². The Balaban J connectivity index is 2.10. The molecule has 4 nitrogen and oxygen atoms in total. The van der Waals surface area contributed by atoms with Gasteiger partial charge in [-0.2, -0.15) is 0 Å². The average molecular weight is 233 g/mol. The number of pyridine rings is 1. The molecular formula is C13H19N3O. The van der Waals surface area contributed by atoms with Gasteiger partial charge in [0.1, 0.15) is 0 Å². The van der Waals surface area contributed by atoms with E-state index in [-0.39, 0.29) is 5.91 Å². The van der Waals surface area contributed by atoms with Gasteiger partial charge in [-0.3, -0.25) is 9.78 Å². The van der Waals surface area contributed by atoms with Crippen molar-refractivity contribution in [1.29, 1.82) is 0 Å². The maximum Gasteiger partial charge on any atom is 0.253 e. The molecule has 92 valence electrons. The Morgan fingerprint density at radius 3 is 2.82 bits per heavy atom. The number of nitrogens with two attached hydrogens (primary N) is 1. The maximum atomic E-state index is 12.3. The van der Waals surface area contributed by atoms with Crippen molar-refractivity contribution < 1.29 is 4.79 Å². The van der Waals surface area contributed by atoms with Gasteiger partial charge in [0.2, 0.25) is 0 Å². The van der Waals surface area contributed by atoms with Crippen molar-refractivity contribution in [3.63, 3.8) is 0 Å². The quantitative estimate of drug-likeness (QED) is 0.855. The molecule has 0 saturated heterocycles. The van der Waals surface area contributed by atoms with Crippen LogP contribution in [0.2, 0.25) is 0 Å². The van der Waals surface area contributed by atoms with Crippen LogP contribution in [-0.2, 0) is 0 Å². The molecule has 1 amide bonds. The smallest absolute Gasteiger partial charge is 0.253 e. The Kier molecular flexibility index (Phi) is 3.74. The number of carbonyl (C=O) groups is 1. The molecule has 0 spiro atoms. The molecule has 2 N–H and O–H groups in total. The second-order valence-corrected chi connectivity index (χ2v) is 4.65. The predicted molar refractivity (Wildman–Crippen MR) is 66.5 cm³/mol. The summed E-state index contributed by atoms with van der Waals surface area (Å²) in [5.74, 6) is 0.517. The fourth-order valence-corrected chi connectivity index (χ4v) is 2.65. The summed E-state index contributed by atoms with van der Waals surface area (Å²) in [5, 5.41) is 0. The highest BCUT2D eigenvalue weighted by molar-refractivity contribution is 5.94. The summed E-state index contributed by atoms with van der Waals surface area (Å²) in [7, 11) is 1.88. The SMILES string of the molecule is CN(C(=O)c1ccncc1)C1CCCC1CN. The molecule has 0 radical (unpaired) electrons. The number of rotatable bonds is 3. The van der Waals surface area contributed by atoms with Crippen LogP contribution in [0.1, 0.15) is 29.6 Å². The van der Waals surface area contributed by atoms with E-state index in [9.17, 15) is 4.79 Å². The topological polar surface area (TPSA) is 59.2 Å². The Morgan fingerprint density at radius 1 is 1.47 bits per heavy atom. The van der Waals surface area contributed by atoms with Crippen molar-refractivity contribution in [1.82, 2.24) is 9.88 Å². The van der Waals surface area contributed by atoms with Crippen LogP contribution in [0.3, 0.4) is 0 Å². The van der Waals surface area contributed by atoms with E-state index in [1.807, 2.05) is 11.9 Å². The first kappa shape index (κ1) is 12.0. The van der Waals surface area contributed by atoms with Crippen molar-refractivity contribution >= 4 is 5.91 Å². The number of hydrogen-bond donors (Lipinski definition) is 1. The number of carbonyl (C=O) groups excluding carboxylic acids is 1. The molecule has 0 bridgehead atoms. The Hall–Kier alpha value is -1.42. The Bertz CT molecular complexity index is 380. The van der Waals surface area contributed by atoms with Gasteiger partial charge in [0.15, 0.2) is 0 Å². The summed E-state index contributed by atoms with van der Waals surface area (Å²) < 4.78 is 0. The molecule has 1 heterocycles. The van der Waals surface area contributed by atoms with Gasteiger partial charge in [0.25, 0.3) is 5.91 Å². The van der Waals surface area contributed by atoms with Gasteiger partial charge in [-0.15, -0.1) is 0 Å². The first-order chi connectivity index (χ1) is 8.24. The molecule has 2 unspecified atom stereocenters. The van der Waals surface area contributed by atoms with Crippen LogP contribution in [0.4, 0.5) is 0 Å². The van der Waals surface area contributed by atoms with Gasteiger partial charge in [-0.25, -0.2) is 0 Å². The van der Waals surface area contributed by atoms with Crippen molar-refractivity contribution in [2.45, 2.75) is 25.3 Å². The maximum absolute atomic E-state index is 12.3. The van der Waals surface area contributed by atoms with Gasteiger partial charge in [0.05, 0.1) is 0 Å². The summed E-state index contributed by atoms with van der Waals surface area (Å²) in [6.45, 7) is 0.665. The average Bonchev–Trinajstić information content (AvgIpc) is 2.86. The zero-order chi connectivity index (χ0) is 12.3. The Labute approximate surface area is 102 Å². The lowest BCUT2D eigenvalue weighted by Gasteiger charge is -2.29. The molecule has 1 aliphatic carbocycles. The third-order valence-electron chi connectivity index (χ3n) is 3.67. The van der Waals surface area contributed by atoms with E-state index in [0.29, 0.717) is 24.1 Å². The molecule has 0 aromatic carbocycles. The number of hydrogen-bond acceptors (Lipinski definition) is 3. The molecule has 2 atom stereocenters. The van der Waals surface area contributed by atoms with Crippen molar-refractivity contribution in [2.24, 2.45) is 11.7 Å². The van der Waals surface area contributed by atoms with Gasteiger partial charge in [-0.1, -0.05) is 6.42 Å². The first-order valence-corrected chi connectivity index (χ1v) is 6.11. The molecular weight excluding hydrogens is 214 g/mol.